The zero-order valence-electron chi connectivity index (χ0n) is 15.1. The Labute approximate surface area is 153 Å². The second-order valence-corrected chi connectivity index (χ2v) is 6.26. The second kappa shape index (κ2) is 8.51. The first-order chi connectivity index (χ1) is 12.7. The summed E-state index contributed by atoms with van der Waals surface area (Å²) >= 11 is 0. The molecule has 0 bridgehead atoms. The molecule has 0 saturated carbocycles. The lowest BCUT2D eigenvalue weighted by atomic mass is 10.1. The van der Waals surface area contributed by atoms with Crippen LogP contribution in [0.2, 0.25) is 0 Å². The molecule has 1 N–H and O–H groups in total. The van der Waals surface area contributed by atoms with Gasteiger partial charge in [0.2, 0.25) is 0 Å². The molecule has 1 fully saturated rings. The van der Waals surface area contributed by atoms with Gasteiger partial charge in [-0.25, -0.2) is 4.79 Å². The molecule has 2 amide bonds. The van der Waals surface area contributed by atoms with Crippen molar-refractivity contribution in [1.82, 2.24) is 20.2 Å². The summed E-state index contributed by atoms with van der Waals surface area (Å²) < 4.78 is 11.4. The molecule has 3 rings (SSSR count). The van der Waals surface area contributed by atoms with Gasteiger partial charge in [0, 0.05) is 32.1 Å². The van der Waals surface area contributed by atoms with Gasteiger partial charge in [-0.2, -0.15) is 0 Å². The molecular formula is C19H24N4O3. The summed E-state index contributed by atoms with van der Waals surface area (Å²) in [6.07, 6.45) is 5.04. The highest BCUT2D eigenvalue weighted by Crippen LogP contribution is 2.28. The Hall–Kier alpha value is -2.83. The van der Waals surface area contributed by atoms with Gasteiger partial charge in [0.05, 0.1) is 31.2 Å². The number of nitrogens with one attached hydrogen (secondary N) is 1. The number of methoxy groups -OCH3 is 1. The van der Waals surface area contributed by atoms with Crippen LogP contribution in [0.3, 0.4) is 0 Å². The van der Waals surface area contributed by atoms with E-state index in [1.807, 2.05) is 36.1 Å². The van der Waals surface area contributed by atoms with Crippen LogP contribution in [0.25, 0.3) is 0 Å². The molecule has 26 heavy (non-hydrogen) atoms. The Morgan fingerprint density at radius 1 is 1.19 bits per heavy atom. The molecule has 7 nitrogen and oxygen atoms in total. The zero-order valence-corrected chi connectivity index (χ0v) is 15.1. The number of rotatable bonds is 5. The first kappa shape index (κ1) is 18.0. The number of likely N-dealkylation sites (tertiary alicyclic amines) is 1. The minimum absolute atomic E-state index is 0.0804. The molecule has 1 saturated heterocycles. The third kappa shape index (κ3) is 4.62. The second-order valence-electron chi connectivity index (χ2n) is 6.26. The van der Waals surface area contributed by atoms with Crippen LogP contribution in [0.1, 0.15) is 24.2 Å². The average Bonchev–Trinajstić information content (AvgIpc) is 2.68. The molecular weight excluding hydrogens is 332 g/mol. The quantitative estimate of drug-likeness (QED) is 0.891. The van der Waals surface area contributed by atoms with Crippen LogP contribution in [0.4, 0.5) is 4.79 Å². The normalized spacial score (nSPS) is 14.8. The monoisotopic (exact) mass is 356 g/mol. The topological polar surface area (TPSA) is 76.6 Å². The molecule has 2 aromatic rings. The third-order valence-electron chi connectivity index (χ3n) is 4.35. The number of aryl methyl sites for hydroxylation is 1. The average molecular weight is 356 g/mol. The Bertz CT molecular complexity index is 728. The van der Waals surface area contributed by atoms with Gasteiger partial charge in [-0.3, -0.25) is 9.97 Å². The summed E-state index contributed by atoms with van der Waals surface area (Å²) in [7, 11) is 1.63. The molecule has 0 aliphatic carbocycles. The van der Waals surface area contributed by atoms with E-state index >= 15 is 0 Å². The first-order valence-corrected chi connectivity index (χ1v) is 8.75. The van der Waals surface area contributed by atoms with E-state index in [1.165, 1.54) is 0 Å². The molecule has 138 valence electrons. The summed E-state index contributed by atoms with van der Waals surface area (Å²) in [5.74, 6) is 1.47. The number of benzene rings is 1. The van der Waals surface area contributed by atoms with Gasteiger partial charge >= 0.3 is 6.03 Å². The van der Waals surface area contributed by atoms with Gasteiger partial charge in [0.25, 0.3) is 0 Å². The van der Waals surface area contributed by atoms with Crippen LogP contribution < -0.4 is 14.8 Å². The van der Waals surface area contributed by atoms with Gasteiger partial charge < -0.3 is 19.7 Å². The zero-order chi connectivity index (χ0) is 18.4. The van der Waals surface area contributed by atoms with Crippen LogP contribution in [0.5, 0.6) is 11.5 Å². The smallest absolute Gasteiger partial charge is 0.317 e. The van der Waals surface area contributed by atoms with Crippen molar-refractivity contribution in [3.8, 4) is 11.5 Å². The number of hydrogen-bond acceptors (Lipinski definition) is 5. The Balaban J connectivity index is 1.45. The molecule has 0 radical (unpaired) electrons. The van der Waals surface area contributed by atoms with Gasteiger partial charge in [0.1, 0.15) is 6.10 Å². The number of amides is 2. The van der Waals surface area contributed by atoms with E-state index in [1.54, 1.807) is 19.5 Å². The number of urea groups is 1. The maximum Gasteiger partial charge on any atom is 0.317 e. The fraction of sp³-hybridized carbons (Fsp3) is 0.421. The highest BCUT2D eigenvalue weighted by Gasteiger charge is 2.24. The highest BCUT2D eigenvalue weighted by atomic mass is 16.5. The van der Waals surface area contributed by atoms with Crippen LogP contribution in [0, 0.1) is 6.92 Å². The van der Waals surface area contributed by atoms with Crippen molar-refractivity contribution in [2.24, 2.45) is 0 Å². The lowest BCUT2D eigenvalue weighted by molar-refractivity contribution is 0.108. The van der Waals surface area contributed by atoms with Gasteiger partial charge in [-0.1, -0.05) is 12.1 Å². The predicted octanol–water partition coefficient (Wildman–Crippen LogP) is 2.55. The molecule has 0 spiro atoms. The van der Waals surface area contributed by atoms with Crippen molar-refractivity contribution in [3.05, 3.63) is 48.0 Å². The van der Waals surface area contributed by atoms with Crippen molar-refractivity contribution in [2.75, 3.05) is 20.2 Å². The number of nitrogens with zero attached hydrogens (tertiary/aromatic N) is 3. The van der Waals surface area contributed by atoms with Crippen LogP contribution in [-0.2, 0) is 6.54 Å². The predicted molar refractivity (Wildman–Crippen MR) is 97.2 cm³/mol. The van der Waals surface area contributed by atoms with E-state index in [2.05, 4.69) is 15.3 Å². The van der Waals surface area contributed by atoms with Crippen molar-refractivity contribution in [2.45, 2.75) is 32.4 Å². The Kier molecular flexibility index (Phi) is 5.88. The number of carbonyl (C=O) groups excluding carboxylic acids is 1. The fourth-order valence-electron chi connectivity index (χ4n) is 2.86. The summed E-state index contributed by atoms with van der Waals surface area (Å²) in [6, 6.07) is 7.54. The minimum Gasteiger partial charge on any atom is -0.493 e. The highest BCUT2D eigenvalue weighted by molar-refractivity contribution is 5.74. The van der Waals surface area contributed by atoms with Crippen molar-refractivity contribution in [3.63, 3.8) is 0 Å². The lowest BCUT2D eigenvalue weighted by Crippen LogP contribution is -2.46. The molecule has 1 aliphatic rings. The number of hydrogen-bond donors (Lipinski definition) is 1. The lowest BCUT2D eigenvalue weighted by Gasteiger charge is -2.32. The minimum atomic E-state index is -0.0804. The summed E-state index contributed by atoms with van der Waals surface area (Å²) in [5.41, 5.74) is 1.61. The summed E-state index contributed by atoms with van der Waals surface area (Å²) in [5, 5.41) is 2.89. The molecule has 0 unspecified atom stereocenters. The maximum absolute atomic E-state index is 12.3. The largest absolute Gasteiger partial charge is 0.493 e. The standard InChI is InChI=1S/C19H24N4O3/c1-14-11-21-15(12-20-14)13-22-19(24)23-9-7-16(8-10-23)26-18-6-4-3-5-17(18)25-2/h3-6,11-12,16H,7-10,13H2,1-2H3,(H,22,24). The van der Waals surface area contributed by atoms with E-state index in [0.29, 0.717) is 19.6 Å². The van der Waals surface area contributed by atoms with E-state index in [-0.39, 0.29) is 12.1 Å². The molecule has 2 heterocycles. The van der Waals surface area contributed by atoms with Gasteiger partial charge in [-0.05, 0) is 19.1 Å². The van der Waals surface area contributed by atoms with E-state index in [0.717, 1.165) is 35.7 Å². The Morgan fingerprint density at radius 2 is 1.92 bits per heavy atom. The van der Waals surface area contributed by atoms with Crippen LogP contribution >= 0.6 is 0 Å². The first-order valence-electron chi connectivity index (χ1n) is 8.75. The number of carbonyl (C=O) groups is 1. The Morgan fingerprint density at radius 3 is 2.58 bits per heavy atom. The van der Waals surface area contributed by atoms with Gasteiger partial charge in [0.15, 0.2) is 11.5 Å². The van der Waals surface area contributed by atoms with Gasteiger partial charge in [-0.15, -0.1) is 0 Å². The number of para-hydroxylation sites is 2. The van der Waals surface area contributed by atoms with Crippen LogP contribution in [0.15, 0.2) is 36.7 Å². The third-order valence-corrected chi connectivity index (χ3v) is 4.35. The number of ether oxygens (including phenoxy) is 2. The van der Waals surface area contributed by atoms with Crippen molar-refractivity contribution in [1.29, 1.82) is 0 Å². The summed E-state index contributed by atoms with van der Waals surface area (Å²) in [6.45, 7) is 3.58. The SMILES string of the molecule is COc1ccccc1OC1CCN(C(=O)NCc2cnc(C)cn2)CC1. The molecule has 1 aromatic heterocycles. The molecule has 1 aliphatic heterocycles. The van der Waals surface area contributed by atoms with E-state index in [4.69, 9.17) is 9.47 Å². The molecule has 0 atom stereocenters. The molecule has 7 heteroatoms. The number of aromatic nitrogens is 2. The molecule has 1 aromatic carbocycles. The number of piperidine rings is 1. The van der Waals surface area contributed by atoms with Crippen molar-refractivity contribution >= 4 is 6.03 Å². The maximum atomic E-state index is 12.3. The van der Waals surface area contributed by atoms with E-state index in [9.17, 15) is 4.79 Å². The van der Waals surface area contributed by atoms with Crippen molar-refractivity contribution < 1.29 is 14.3 Å². The fourth-order valence-corrected chi connectivity index (χ4v) is 2.86. The summed E-state index contributed by atoms with van der Waals surface area (Å²) in [4.78, 5) is 22.5. The van der Waals surface area contributed by atoms with Crippen LogP contribution in [-0.4, -0.2) is 47.2 Å². The van der Waals surface area contributed by atoms with E-state index < -0.39 is 0 Å².